The highest BCUT2D eigenvalue weighted by atomic mass is 32.2. The molecular weight excluding hydrogens is 394 g/mol. The number of anilines is 1. The van der Waals surface area contributed by atoms with Crippen LogP contribution in [-0.2, 0) is 11.3 Å². The fourth-order valence-corrected chi connectivity index (χ4v) is 4.44. The standard InChI is InChI=1S/C22H20F2N2O2S/c1-14-10-19(25-8-4-5-9-25)18(24)11-16(14)12-20-21(27)26(22(28)29-20)13-15-6-2-3-7-17(15)23/h2-3,6-7,10-12H,4-5,8-9,13H2,1H3/b20-12-. The maximum Gasteiger partial charge on any atom is 0.293 e. The largest absolute Gasteiger partial charge is 0.369 e. The quantitative estimate of drug-likeness (QED) is 0.652. The van der Waals surface area contributed by atoms with Gasteiger partial charge in [0.15, 0.2) is 0 Å². The molecular formula is C22H20F2N2O2S. The first kappa shape index (κ1) is 19.6. The van der Waals surface area contributed by atoms with Gasteiger partial charge < -0.3 is 4.90 Å². The van der Waals surface area contributed by atoms with Crippen LogP contribution in [0.4, 0.5) is 19.3 Å². The van der Waals surface area contributed by atoms with E-state index in [1.54, 1.807) is 30.3 Å². The molecule has 2 aliphatic heterocycles. The van der Waals surface area contributed by atoms with E-state index in [1.165, 1.54) is 12.1 Å². The van der Waals surface area contributed by atoms with Crippen molar-refractivity contribution in [2.75, 3.05) is 18.0 Å². The highest BCUT2D eigenvalue weighted by Gasteiger charge is 2.35. The van der Waals surface area contributed by atoms with E-state index in [0.717, 1.165) is 48.2 Å². The van der Waals surface area contributed by atoms with Crippen LogP contribution in [0.15, 0.2) is 41.3 Å². The number of nitrogens with zero attached hydrogens (tertiary/aromatic N) is 2. The molecule has 2 aromatic rings. The number of carbonyl (C=O) groups excluding carboxylic acids is 2. The molecule has 0 aliphatic carbocycles. The predicted molar refractivity (Wildman–Crippen MR) is 110 cm³/mol. The van der Waals surface area contributed by atoms with Crippen LogP contribution >= 0.6 is 11.8 Å². The molecule has 0 spiro atoms. The van der Waals surface area contributed by atoms with Gasteiger partial charge in [0.1, 0.15) is 11.6 Å². The molecule has 2 heterocycles. The average molecular weight is 414 g/mol. The predicted octanol–water partition coefficient (Wildman–Crippen LogP) is 5.11. The summed E-state index contributed by atoms with van der Waals surface area (Å²) in [5.41, 5.74) is 2.23. The van der Waals surface area contributed by atoms with E-state index in [2.05, 4.69) is 0 Å². The summed E-state index contributed by atoms with van der Waals surface area (Å²) >= 11 is 0.789. The highest BCUT2D eigenvalue weighted by molar-refractivity contribution is 8.18. The lowest BCUT2D eigenvalue weighted by Crippen LogP contribution is -2.27. The Morgan fingerprint density at radius 2 is 1.79 bits per heavy atom. The van der Waals surface area contributed by atoms with E-state index < -0.39 is 17.0 Å². The molecule has 2 aliphatic rings. The maximum absolute atomic E-state index is 14.7. The summed E-state index contributed by atoms with van der Waals surface area (Å²) in [5, 5.41) is -0.462. The molecule has 4 nitrogen and oxygen atoms in total. The maximum atomic E-state index is 14.7. The lowest BCUT2D eigenvalue weighted by molar-refractivity contribution is -0.123. The number of hydrogen-bond acceptors (Lipinski definition) is 4. The molecule has 29 heavy (non-hydrogen) atoms. The van der Waals surface area contributed by atoms with Crippen molar-refractivity contribution in [2.45, 2.75) is 26.3 Å². The Balaban J connectivity index is 1.58. The number of thioether (sulfide) groups is 1. The van der Waals surface area contributed by atoms with Gasteiger partial charge in [-0.25, -0.2) is 8.78 Å². The molecule has 2 saturated heterocycles. The van der Waals surface area contributed by atoms with Crippen molar-refractivity contribution < 1.29 is 18.4 Å². The van der Waals surface area contributed by atoms with Crippen molar-refractivity contribution >= 4 is 34.7 Å². The van der Waals surface area contributed by atoms with Crippen LogP contribution in [0.1, 0.15) is 29.5 Å². The normalized spacial score (nSPS) is 18.4. The van der Waals surface area contributed by atoms with Gasteiger partial charge >= 0.3 is 0 Å². The number of halogens is 2. The van der Waals surface area contributed by atoms with E-state index in [4.69, 9.17) is 0 Å². The van der Waals surface area contributed by atoms with Crippen LogP contribution in [-0.4, -0.2) is 29.1 Å². The Bertz CT molecular complexity index is 1020. The minimum atomic E-state index is -0.494. The van der Waals surface area contributed by atoms with Crippen molar-refractivity contribution in [3.05, 3.63) is 69.6 Å². The second-order valence-corrected chi connectivity index (χ2v) is 8.21. The molecule has 0 aromatic heterocycles. The third kappa shape index (κ3) is 3.92. The number of aryl methyl sites for hydroxylation is 1. The first-order chi connectivity index (χ1) is 13.9. The van der Waals surface area contributed by atoms with Crippen LogP contribution in [0.25, 0.3) is 6.08 Å². The van der Waals surface area contributed by atoms with E-state index in [-0.39, 0.29) is 22.8 Å². The summed E-state index contributed by atoms with van der Waals surface area (Å²) in [6.07, 6.45) is 3.64. The van der Waals surface area contributed by atoms with Gasteiger partial charge in [0.2, 0.25) is 0 Å². The molecule has 0 bridgehead atoms. The second-order valence-electron chi connectivity index (χ2n) is 7.21. The highest BCUT2D eigenvalue weighted by Crippen LogP contribution is 2.35. The molecule has 2 amide bonds. The summed E-state index contributed by atoms with van der Waals surface area (Å²) in [7, 11) is 0. The molecule has 4 rings (SSSR count). The zero-order valence-electron chi connectivity index (χ0n) is 16.0. The molecule has 2 fully saturated rings. The first-order valence-corrected chi connectivity index (χ1v) is 10.3. The van der Waals surface area contributed by atoms with Crippen LogP contribution < -0.4 is 4.90 Å². The van der Waals surface area contributed by atoms with E-state index in [9.17, 15) is 18.4 Å². The summed E-state index contributed by atoms with van der Waals surface area (Å²) in [5.74, 6) is -1.30. The smallest absolute Gasteiger partial charge is 0.293 e. The number of benzene rings is 2. The first-order valence-electron chi connectivity index (χ1n) is 9.48. The van der Waals surface area contributed by atoms with Crippen molar-refractivity contribution in [3.8, 4) is 0 Å². The van der Waals surface area contributed by atoms with Gasteiger partial charge in [0.25, 0.3) is 11.1 Å². The minimum Gasteiger partial charge on any atom is -0.369 e. The molecule has 0 atom stereocenters. The minimum absolute atomic E-state index is 0.129. The molecule has 0 unspecified atom stereocenters. The Kier molecular flexibility index (Phi) is 5.41. The van der Waals surface area contributed by atoms with Gasteiger partial charge in [-0.2, -0.15) is 0 Å². The molecule has 150 valence electrons. The Morgan fingerprint density at radius 3 is 2.52 bits per heavy atom. The number of amides is 2. The van der Waals surface area contributed by atoms with Gasteiger partial charge in [-0.15, -0.1) is 0 Å². The van der Waals surface area contributed by atoms with Crippen LogP contribution in [0.2, 0.25) is 0 Å². The Morgan fingerprint density at radius 1 is 1.07 bits per heavy atom. The summed E-state index contributed by atoms with van der Waals surface area (Å²) in [6.45, 7) is 3.40. The van der Waals surface area contributed by atoms with E-state index in [1.807, 2.05) is 11.8 Å². The number of imide groups is 1. The number of rotatable bonds is 4. The van der Waals surface area contributed by atoms with Gasteiger partial charge in [-0.3, -0.25) is 14.5 Å². The average Bonchev–Trinajstić information content (AvgIpc) is 3.31. The van der Waals surface area contributed by atoms with Crippen molar-refractivity contribution in [3.63, 3.8) is 0 Å². The van der Waals surface area contributed by atoms with Crippen LogP contribution in [0.3, 0.4) is 0 Å². The summed E-state index contributed by atoms with van der Waals surface area (Å²) < 4.78 is 28.5. The third-order valence-corrected chi connectivity index (χ3v) is 6.14. The molecule has 0 saturated carbocycles. The van der Waals surface area contributed by atoms with Gasteiger partial charge in [0, 0.05) is 18.7 Å². The molecule has 7 heteroatoms. The van der Waals surface area contributed by atoms with Gasteiger partial charge in [-0.1, -0.05) is 18.2 Å². The van der Waals surface area contributed by atoms with Crippen molar-refractivity contribution in [1.29, 1.82) is 0 Å². The van der Waals surface area contributed by atoms with E-state index in [0.29, 0.717) is 11.3 Å². The zero-order valence-corrected chi connectivity index (χ0v) is 16.8. The number of hydrogen-bond donors (Lipinski definition) is 0. The second kappa shape index (κ2) is 7.99. The van der Waals surface area contributed by atoms with Crippen molar-refractivity contribution in [1.82, 2.24) is 4.90 Å². The van der Waals surface area contributed by atoms with Crippen LogP contribution in [0.5, 0.6) is 0 Å². The third-order valence-electron chi connectivity index (χ3n) is 5.23. The van der Waals surface area contributed by atoms with Crippen LogP contribution in [0, 0.1) is 18.6 Å². The monoisotopic (exact) mass is 414 g/mol. The lowest BCUT2D eigenvalue weighted by atomic mass is 10.1. The molecule has 0 radical (unpaired) electrons. The fourth-order valence-electron chi connectivity index (χ4n) is 3.61. The van der Waals surface area contributed by atoms with E-state index >= 15 is 0 Å². The Labute approximate surface area is 172 Å². The van der Waals surface area contributed by atoms with Gasteiger partial charge in [0.05, 0.1) is 17.1 Å². The topological polar surface area (TPSA) is 40.6 Å². The molecule has 0 N–H and O–H groups in total. The number of carbonyl (C=O) groups is 2. The molecule has 2 aromatic carbocycles. The Hall–Kier alpha value is -2.67. The lowest BCUT2D eigenvalue weighted by Gasteiger charge is -2.19. The summed E-state index contributed by atoms with van der Waals surface area (Å²) in [6, 6.07) is 9.23. The van der Waals surface area contributed by atoms with Gasteiger partial charge in [-0.05, 0) is 66.9 Å². The SMILES string of the molecule is Cc1cc(N2CCCC2)c(F)cc1/C=C1\SC(=O)N(Cc2ccccc2F)C1=O. The van der Waals surface area contributed by atoms with Crippen molar-refractivity contribution in [2.24, 2.45) is 0 Å². The fraction of sp³-hybridized carbons (Fsp3) is 0.273. The summed E-state index contributed by atoms with van der Waals surface area (Å²) in [4.78, 5) is 28.3. The zero-order chi connectivity index (χ0) is 20.5.